The van der Waals surface area contributed by atoms with E-state index in [1.807, 2.05) is 4.90 Å². The number of piperidine rings is 1. The van der Waals surface area contributed by atoms with Gasteiger partial charge in [-0.2, -0.15) is 0 Å². The Bertz CT molecular complexity index is 263. The van der Waals surface area contributed by atoms with E-state index in [0.29, 0.717) is 12.0 Å². The predicted octanol–water partition coefficient (Wildman–Crippen LogP) is 2.02. The van der Waals surface area contributed by atoms with Crippen LogP contribution in [0.1, 0.15) is 46.0 Å². The molecule has 1 saturated heterocycles. The van der Waals surface area contributed by atoms with Gasteiger partial charge in [0.25, 0.3) is 0 Å². The number of carbonyl (C=O) groups excluding carboxylic acids is 1. The topological polar surface area (TPSA) is 32.3 Å². The maximum Gasteiger partial charge on any atom is 0.219 e. The molecule has 1 aliphatic carbocycles. The molecule has 3 nitrogen and oxygen atoms in total. The smallest absolute Gasteiger partial charge is 0.219 e. The molecule has 1 aliphatic heterocycles. The summed E-state index contributed by atoms with van der Waals surface area (Å²) in [5.41, 5.74) is 0. The Hall–Kier alpha value is -0.570. The zero-order valence-electron chi connectivity index (χ0n) is 11.2. The van der Waals surface area contributed by atoms with Crippen molar-refractivity contribution in [1.82, 2.24) is 10.2 Å². The molecule has 0 spiro atoms. The van der Waals surface area contributed by atoms with Gasteiger partial charge in [-0.15, -0.1) is 0 Å². The van der Waals surface area contributed by atoms with E-state index in [1.165, 1.54) is 32.1 Å². The number of carbonyl (C=O) groups is 1. The SMILES string of the molecule is CCCC1CC(NCC2CC2)CN(C(C)=O)C1. The van der Waals surface area contributed by atoms with Gasteiger partial charge in [0.05, 0.1) is 0 Å². The molecule has 98 valence electrons. The van der Waals surface area contributed by atoms with Crippen molar-refractivity contribution in [1.29, 1.82) is 0 Å². The van der Waals surface area contributed by atoms with Gasteiger partial charge < -0.3 is 10.2 Å². The molecule has 1 N–H and O–H groups in total. The van der Waals surface area contributed by atoms with Crippen LogP contribution in [0.5, 0.6) is 0 Å². The summed E-state index contributed by atoms with van der Waals surface area (Å²) >= 11 is 0. The maximum atomic E-state index is 11.5. The van der Waals surface area contributed by atoms with Crippen LogP contribution in [0.2, 0.25) is 0 Å². The van der Waals surface area contributed by atoms with Crippen LogP contribution < -0.4 is 5.32 Å². The fraction of sp³-hybridized carbons (Fsp3) is 0.929. The van der Waals surface area contributed by atoms with Gasteiger partial charge in [-0.05, 0) is 44.1 Å². The van der Waals surface area contributed by atoms with Gasteiger partial charge in [-0.3, -0.25) is 4.79 Å². The van der Waals surface area contributed by atoms with E-state index in [0.717, 1.165) is 25.6 Å². The average molecular weight is 238 g/mol. The monoisotopic (exact) mass is 238 g/mol. The first-order valence-electron chi connectivity index (χ1n) is 7.18. The molecule has 2 rings (SSSR count). The normalized spacial score (nSPS) is 29.4. The third-order valence-corrected chi connectivity index (χ3v) is 4.07. The summed E-state index contributed by atoms with van der Waals surface area (Å²) in [6.45, 7) is 6.99. The molecule has 2 atom stereocenters. The second kappa shape index (κ2) is 5.85. The molecular weight excluding hydrogens is 212 g/mol. The Morgan fingerprint density at radius 2 is 2.06 bits per heavy atom. The number of nitrogens with zero attached hydrogens (tertiary/aromatic N) is 1. The van der Waals surface area contributed by atoms with Crippen molar-refractivity contribution in [3.05, 3.63) is 0 Å². The van der Waals surface area contributed by atoms with Crippen LogP contribution in [0.25, 0.3) is 0 Å². The first kappa shape index (κ1) is 12.9. The third-order valence-electron chi connectivity index (χ3n) is 4.07. The molecular formula is C14H26N2O. The van der Waals surface area contributed by atoms with E-state index < -0.39 is 0 Å². The van der Waals surface area contributed by atoms with E-state index in [9.17, 15) is 4.79 Å². The quantitative estimate of drug-likeness (QED) is 0.795. The largest absolute Gasteiger partial charge is 0.341 e. The molecule has 1 amide bonds. The molecule has 0 bridgehead atoms. The molecule has 0 aromatic rings. The molecule has 1 heterocycles. The molecule has 2 aliphatic rings. The zero-order valence-corrected chi connectivity index (χ0v) is 11.2. The Labute approximate surface area is 105 Å². The molecule has 0 aromatic carbocycles. The molecule has 17 heavy (non-hydrogen) atoms. The summed E-state index contributed by atoms with van der Waals surface area (Å²) in [6, 6.07) is 0.532. The summed E-state index contributed by atoms with van der Waals surface area (Å²) in [4.78, 5) is 13.6. The Morgan fingerprint density at radius 1 is 1.29 bits per heavy atom. The van der Waals surface area contributed by atoms with E-state index in [4.69, 9.17) is 0 Å². The molecule has 3 heteroatoms. The van der Waals surface area contributed by atoms with Crippen molar-refractivity contribution in [3.8, 4) is 0 Å². The van der Waals surface area contributed by atoms with Crippen molar-refractivity contribution in [2.24, 2.45) is 11.8 Å². The highest BCUT2D eigenvalue weighted by Crippen LogP contribution is 2.28. The van der Waals surface area contributed by atoms with Gasteiger partial charge in [-0.25, -0.2) is 0 Å². The van der Waals surface area contributed by atoms with Gasteiger partial charge in [0.2, 0.25) is 5.91 Å². The fourth-order valence-corrected chi connectivity index (χ4v) is 2.88. The van der Waals surface area contributed by atoms with Crippen LogP contribution >= 0.6 is 0 Å². The summed E-state index contributed by atoms with van der Waals surface area (Å²) < 4.78 is 0. The van der Waals surface area contributed by atoms with Crippen LogP contribution in [-0.4, -0.2) is 36.5 Å². The minimum Gasteiger partial charge on any atom is -0.341 e. The second-order valence-electron chi connectivity index (χ2n) is 5.86. The Kier molecular flexibility index (Phi) is 4.43. The molecule has 2 fully saturated rings. The van der Waals surface area contributed by atoms with Crippen molar-refractivity contribution < 1.29 is 4.79 Å². The van der Waals surface area contributed by atoms with E-state index in [2.05, 4.69) is 12.2 Å². The number of likely N-dealkylation sites (tertiary alicyclic amines) is 1. The number of hydrogen-bond donors (Lipinski definition) is 1. The minimum atomic E-state index is 0.240. The third kappa shape index (κ3) is 3.98. The molecule has 0 aromatic heterocycles. The minimum absolute atomic E-state index is 0.240. The molecule has 0 radical (unpaired) electrons. The summed E-state index contributed by atoms with van der Waals surface area (Å²) in [7, 11) is 0. The number of nitrogens with one attached hydrogen (secondary N) is 1. The first-order valence-corrected chi connectivity index (χ1v) is 7.18. The van der Waals surface area contributed by atoms with Crippen molar-refractivity contribution in [2.45, 2.75) is 52.0 Å². The van der Waals surface area contributed by atoms with E-state index >= 15 is 0 Å². The summed E-state index contributed by atoms with van der Waals surface area (Å²) in [5, 5.41) is 3.66. The first-order chi connectivity index (χ1) is 8.19. The lowest BCUT2D eigenvalue weighted by Crippen LogP contribution is -2.51. The predicted molar refractivity (Wildman–Crippen MR) is 69.8 cm³/mol. The summed E-state index contributed by atoms with van der Waals surface area (Å²) in [5.74, 6) is 1.87. The van der Waals surface area contributed by atoms with Crippen LogP contribution in [0.4, 0.5) is 0 Å². The molecule has 2 unspecified atom stereocenters. The van der Waals surface area contributed by atoms with E-state index in [-0.39, 0.29) is 5.91 Å². The highest BCUT2D eigenvalue weighted by atomic mass is 16.2. The van der Waals surface area contributed by atoms with Gasteiger partial charge >= 0.3 is 0 Å². The van der Waals surface area contributed by atoms with Crippen LogP contribution in [0.15, 0.2) is 0 Å². The number of rotatable bonds is 5. The van der Waals surface area contributed by atoms with Gasteiger partial charge in [0.15, 0.2) is 0 Å². The van der Waals surface area contributed by atoms with E-state index in [1.54, 1.807) is 6.92 Å². The highest BCUT2D eigenvalue weighted by Gasteiger charge is 2.29. The maximum absolute atomic E-state index is 11.5. The molecule has 1 saturated carbocycles. The summed E-state index contributed by atoms with van der Waals surface area (Å²) in [6.07, 6.45) is 6.53. The van der Waals surface area contributed by atoms with Crippen molar-refractivity contribution in [2.75, 3.05) is 19.6 Å². The van der Waals surface area contributed by atoms with Gasteiger partial charge in [0.1, 0.15) is 0 Å². The number of amides is 1. The Morgan fingerprint density at radius 3 is 2.65 bits per heavy atom. The lowest BCUT2D eigenvalue weighted by molar-refractivity contribution is -0.131. The van der Waals surface area contributed by atoms with Crippen LogP contribution in [0.3, 0.4) is 0 Å². The lowest BCUT2D eigenvalue weighted by Gasteiger charge is -2.38. The lowest BCUT2D eigenvalue weighted by atomic mass is 9.90. The fourth-order valence-electron chi connectivity index (χ4n) is 2.88. The Balaban J connectivity index is 1.83. The van der Waals surface area contributed by atoms with Crippen LogP contribution in [-0.2, 0) is 4.79 Å². The standard InChI is InChI=1S/C14H26N2O/c1-3-4-13-7-14(15-8-12-5-6-12)10-16(9-13)11(2)17/h12-15H,3-10H2,1-2H3. The van der Waals surface area contributed by atoms with Crippen molar-refractivity contribution in [3.63, 3.8) is 0 Å². The van der Waals surface area contributed by atoms with Gasteiger partial charge in [0, 0.05) is 26.1 Å². The second-order valence-corrected chi connectivity index (χ2v) is 5.86. The number of hydrogen-bond acceptors (Lipinski definition) is 2. The van der Waals surface area contributed by atoms with Crippen LogP contribution in [0, 0.1) is 11.8 Å². The average Bonchev–Trinajstić information content (AvgIpc) is 3.10. The highest BCUT2D eigenvalue weighted by molar-refractivity contribution is 5.73. The van der Waals surface area contributed by atoms with Crippen molar-refractivity contribution >= 4 is 5.91 Å². The van der Waals surface area contributed by atoms with Gasteiger partial charge in [-0.1, -0.05) is 13.3 Å². The zero-order chi connectivity index (χ0) is 12.3.